The van der Waals surface area contributed by atoms with Gasteiger partial charge in [0.2, 0.25) is 0 Å². The van der Waals surface area contributed by atoms with Gasteiger partial charge in [-0.25, -0.2) is 8.42 Å². The van der Waals surface area contributed by atoms with Crippen LogP contribution in [-0.4, -0.2) is 33.5 Å². The second-order valence-corrected chi connectivity index (χ2v) is 8.84. The maximum absolute atomic E-state index is 12.7. The van der Waals surface area contributed by atoms with Crippen molar-refractivity contribution in [3.8, 4) is 0 Å². The van der Waals surface area contributed by atoms with Crippen LogP contribution in [0, 0.1) is 6.92 Å². The number of nitrogens with one attached hydrogen (secondary N) is 1. The van der Waals surface area contributed by atoms with Gasteiger partial charge < -0.3 is 11.1 Å². The Labute approximate surface area is 167 Å². The second-order valence-electron chi connectivity index (χ2n) is 6.87. The largest absolute Gasteiger partial charge is 0.346 e. The van der Waals surface area contributed by atoms with Crippen LogP contribution >= 0.6 is 12.4 Å². The first kappa shape index (κ1) is 23.0. The standard InChI is InChI=1S/C19H25N3O3S.ClH/c1-14-5-11-17(12-6-14)26(24,25)22(4)16-9-7-15(8-10-16)18(23)21-19(2,3)13-20;/h5-12H,13,20H2,1-4H3,(H,21,23);1H. The monoisotopic (exact) mass is 411 g/mol. The molecule has 0 fully saturated rings. The van der Waals surface area contributed by atoms with Crippen molar-refractivity contribution in [2.45, 2.75) is 31.2 Å². The smallest absolute Gasteiger partial charge is 0.264 e. The highest BCUT2D eigenvalue weighted by Gasteiger charge is 2.22. The third-order valence-electron chi connectivity index (χ3n) is 4.13. The van der Waals surface area contributed by atoms with Gasteiger partial charge in [0.05, 0.1) is 10.6 Å². The van der Waals surface area contributed by atoms with Crippen molar-refractivity contribution in [3.05, 3.63) is 59.7 Å². The molecule has 0 radical (unpaired) electrons. The number of amides is 1. The number of sulfonamides is 1. The van der Waals surface area contributed by atoms with Crippen LogP contribution in [0.3, 0.4) is 0 Å². The van der Waals surface area contributed by atoms with E-state index in [0.717, 1.165) is 5.56 Å². The lowest BCUT2D eigenvalue weighted by Crippen LogP contribution is -2.48. The third kappa shape index (κ3) is 5.45. The van der Waals surface area contributed by atoms with Crippen molar-refractivity contribution in [2.75, 3.05) is 17.9 Å². The molecule has 0 aliphatic rings. The number of halogens is 1. The van der Waals surface area contributed by atoms with Gasteiger partial charge in [-0.2, -0.15) is 0 Å². The molecule has 0 aliphatic carbocycles. The minimum Gasteiger partial charge on any atom is -0.346 e. The van der Waals surface area contributed by atoms with Crippen LogP contribution in [0.5, 0.6) is 0 Å². The molecule has 3 N–H and O–H groups in total. The van der Waals surface area contributed by atoms with Gasteiger partial charge in [0.25, 0.3) is 15.9 Å². The molecular formula is C19H26ClN3O3S. The second kappa shape index (κ2) is 8.73. The first-order valence-corrected chi connectivity index (χ1v) is 9.69. The highest BCUT2D eigenvalue weighted by atomic mass is 35.5. The molecule has 2 aromatic rings. The molecule has 148 valence electrons. The summed E-state index contributed by atoms with van der Waals surface area (Å²) in [6.07, 6.45) is 0. The van der Waals surface area contributed by atoms with Crippen LogP contribution in [0.4, 0.5) is 5.69 Å². The van der Waals surface area contributed by atoms with Crippen LogP contribution in [0.1, 0.15) is 29.8 Å². The first-order valence-electron chi connectivity index (χ1n) is 8.25. The van der Waals surface area contributed by atoms with Crippen LogP contribution in [0.2, 0.25) is 0 Å². The summed E-state index contributed by atoms with van der Waals surface area (Å²) in [4.78, 5) is 12.5. The average molecular weight is 412 g/mol. The highest BCUT2D eigenvalue weighted by molar-refractivity contribution is 7.92. The van der Waals surface area contributed by atoms with E-state index in [9.17, 15) is 13.2 Å². The van der Waals surface area contributed by atoms with Gasteiger partial charge in [0.1, 0.15) is 0 Å². The summed E-state index contributed by atoms with van der Waals surface area (Å²) >= 11 is 0. The molecule has 6 nitrogen and oxygen atoms in total. The summed E-state index contributed by atoms with van der Waals surface area (Å²) < 4.78 is 26.6. The molecular weight excluding hydrogens is 386 g/mol. The predicted molar refractivity (Wildman–Crippen MR) is 111 cm³/mol. The third-order valence-corrected chi connectivity index (χ3v) is 5.93. The van der Waals surface area contributed by atoms with E-state index in [2.05, 4.69) is 5.32 Å². The SMILES string of the molecule is Cc1ccc(S(=O)(=O)N(C)c2ccc(C(=O)NC(C)(C)CN)cc2)cc1.Cl. The fraction of sp³-hybridized carbons (Fsp3) is 0.316. The van der Waals surface area contributed by atoms with Crippen molar-refractivity contribution in [3.63, 3.8) is 0 Å². The number of hydrogen-bond donors (Lipinski definition) is 2. The Morgan fingerprint density at radius 3 is 2.07 bits per heavy atom. The summed E-state index contributed by atoms with van der Waals surface area (Å²) in [5, 5.41) is 2.84. The molecule has 0 heterocycles. The lowest BCUT2D eigenvalue weighted by atomic mass is 10.1. The molecule has 1 amide bonds. The molecule has 2 aromatic carbocycles. The van der Waals surface area contributed by atoms with Gasteiger partial charge in [0.15, 0.2) is 0 Å². The quantitative estimate of drug-likeness (QED) is 0.764. The fourth-order valence-corrected chi connectivity index (χ4v) is 3.46. The topological polar surface area (TPSA) is 92.5 Å². The molecule has 0 atom stereocenters. The highest BCUT2D eigenvalue weighted by Crippen LogP contribution is 2.22. The van der Waals surface area contributed by atoms with Crippen LogP contribution in [0.25, 0.3) is 0 Å². The van der Waals surface area contributed by atoms with Crippen molar-refractivity contribution in [2.24, 2.45) is 5.73 Å². The lowest BCUT2D eigenvalue weighted by molar-refractivity contribution is 0.0915. The zero-order valence-electron chi connectivity index (χ0n) is 15.9. The van der Waals surface area contributed by atoms with Gasteiger partial charge in [-0.3, -0.25) is 9.10 Å². The molecule has 0 unspecified atom stereocenters. The molecule has 2 rings (SSSR count). The van der Waals surface area contributed by atoms with Gasteiger partial charge in [0, 0.05) is 24.7 Å². The fourth-order valence-electron chi connectivity index (χ4n) is 2.26. The van der Waals surface area contributed by atoms with Crippen molar-refractivity contribution >= 4 is 34.0 Å². The number of aryl methyl sites for hydroxylation is 1. The van der Waals surface area contributed by atoms with E-state index >= 15 is 0 Å². The maximum Gasteiger partial charge on any atom is 0.264 e. The first-order chi connectivity index (χ1) is 12.1. The van der Waals surface area contributed by atoms with E-state index < -0.39 is 15.6 Å². The molecule has 0 bridgehead atoms. The van der Waals surface area contributed by atoms with E-state index in [4.69, 9.17) is 5.73 Å². The molecule has 0 aliphatic heterocycles. The number of nitrogens with zero attached hydrogens (tertiary/aromatic N) is 1. The molecule has 0 saturated heterocycles. The Hall–Kier alpha value is -2.09. The van der Waals surface area contributed by atoms with Gasteiger partial charge >= 0.3 is 0 Å². The zero-order valence-corrected chi connectivity index (χ0v) is 17.5. The minimum atomic E-state index is -3.66. The minimum absolute atomic E-state index is 0. The summed E-state index contributed by atoms with van der Waals surface area (Å²) in [6, 6.07) is 13.1. The Balaban J connectivity index is 0.00000364. The van der Waals surface area contributed by atoms with Gasteiger partial charge in [-0.05, 0) is 57.2 Å². The van der Waals surface area contributed by atoms with Crippen molar-refractivity contribution in [1.82, 2.24) is 5.32 Å². The van der Waals surface area contributed by atoms with Crippen molar-refractivity contribution in [1.29, 1.82) is 0 Å². The summed E-state index contributed by atoms with van der Waals surface area (Å²) in [5.41, 5.74) is 7.01. The van der Waals surface area contributed by atoms with Crippen LogP contribution < -0.4 is 15.4 Å². The van der Waals surface area contributed by atoms with Crippen LogP contribution in [0.15, 0.2) is 53.4 Å². The Bertz CT molecular complexity index is 879. The van der Waals surface area contributed by atoms with E-state index in [0.29, 0.717) is 17.8 Å². The lowest BCUT2D eigenvalue weighted by Gasteiger charge is -2.24. The number of hydrogen-bond acceptors (Lipinski definition) is 4. The number of rotatable bonds is 6. The van der Waals surface area contributed by atoms with E-state index in [1.54, 1.807) is 48.5 Å². The Kier molecular flexibility index (Phi) is 7.42. The van der Waals surface area contributed by atoms with E-state index in [1.165, 1.54) is 11.4 Å². The summed E-state index contributed by atoms with van der Waals surface area (Å²) in [7, 11) is -2.17. The number of carbonyl (C=O) groups excluding carboxylic acids is 1. The Morgan fingerprint density at radius 2 is 1.59 bits per heavy atom. The predicted octanol–water partition coefficient (Wildman–Crippen LogP) is 2.71. The number of carbonyl (C=O) groups is 1. The average Bonchev–Trinajstić information content (AvgIpc) is 2.61. The number of anilines is 1. The normalized spacial score (nSPS) is 11.4. The van der Waals surface area contributed by atoms with Gasteiger partial charge in [-0.1, -0.05) is 17.7 Å². The Morgan fingerprint density at radius 1 is 1.07 bits per heavy atom. The molecule has 8 heteroatoms. The zero-order chi connectivity index (χ0) is 19.5. The number of benzene rings is 2. The molecule has 27 heavy (non-hydrogen) atoms. The van der Waals surface area contributed by atoms with E-state index in [-0.39, 0.29) is 23.2 Å². The van der Waals surface area contributed by atoms with Crippen LogP contribution in [-0.2, 0) is 10.0 Å². The maximum atomic E-state index is 12.7. The number of nitrogens with two attached hydrogens (primary N) is 1. The molecule has 0 aromatic heterocycles. The summed E-state index contributed by atoms with van der Waals surface area (Å²) in [6.45, 7) is 5.88. The molecule has 0 saturated carbocycles. The van der Waals surface area contributed by atoms with E-state index in [1.807, 2.05) is 20.8 Å². The molecule has 0 spiro atoms. The van der Waals surface area contributed by atoms with Gasteiger partial charge in [-0.15, -0.1) is 12.4 Å². The summed E-state index contributed by atoms with van der Waals surface area (Å²) in [5.74, 6) is -0.254. The van der Waals surface area contributed by atoms with Crippen molar-refractivity contribution < 1.29 is 13.2 Å².